The summed E-state index contributed by atoms with van der Waals surface area (Å²) in [5, 5.41) is 5.28. The Morgan fingerprint density at radius 2 is 1.81 bits per heavy atom. The van der Waals surface area contributed by atoms with Crippen LogP contribution in [-0.2, 0) is 6.61 Å². The second kappa shape index (κ2) is 8.58. The fourth-order valence-electron chi connectivity index (χ4n) is 2.86. The van der Waals surface area contributed by atoms with Crippen molar-refractivity contribution >= 4 is 16.7 Å². The summed E-state index contributed by atoms with van der Waals surface area (Å²) in [6, 6.07) is 19.7. The molecule has 0 aliphatic carbocycles. The quantitative estimate of drug-likeness (QED) is 0.646. The van der Waals surface area contributed by atoms with E-state index in [9.17, 15) is 4.79 Å². The van der Waals surface area contributed by atoms with E-state index in [1.807, 2.05) is 56.3 Å². The highest BCUT2D eigenvalue weighted by Gasteiger charge is 2.12. The average molecular weight is 363 g/mol. The van der Waals surface area contributed by atoms with Crippen LogP contribution in [0.15, 0.2) is 60.7 Å². The number of carbonyl (C=O) groups excluding carboxylic acids is 1. The van der Waals surface area contributed by atoms with Crippen molar-refractivity contribution in [2.24, 2.45) is 0 Å². The molecule has 0 fully saturated rings. The predicted octanol–water partition coefficient (Wildman–Crippen LogP) is 4.96. The van der Waals surface area contributed by atoms with Crippen LogP contribution in [0.3, 0.4) is 0 Å². The highest BCUT2D eigenvalue weighted by molar-refractivity contribution is 5.94. The van der Waals surface area contributed by atoms with Crippen molar-refractivity contribution in [1.29, 1.82) is 0 Å². The molecule has 4 heteroatoms. The zero-order valence-electron chi connectivity index (χ0n) is 16.0. The Morgan fingerprint density at radius 1 is 1.04 bits per heavy atom. The van der Waals surface area contributed by atoms with Crippen LogP contribution in [0, 0.1) is 0 Å². The van der Waals surface area contributed by atoms with Crippen molar-refractivity contribution in [3.05, 3.63) is 71.8 Å². The minimum Gasteiger partial charge on any atom is -0.496 e. The Labute approximate surface area is 160 Å². The van der Waals surface area contributed by atoms with Gasteiger partial charge in [-0.1, -0.05) is 37.3 Å². The second-order valence-corrected chi connectivity index (χ2v) is 6.61. The number of fused-ring (bicyclic) bond motifs is 1. The topological polar surface area (TPSA) is 47.6 Å². The van der Waals surface area contributed by atoms with Crippen molar-refractivity contribution in [3.63, 3.8) is 0 Å². The van der Waals surface area contributed by atoms with Crippen molar-refractivity contribution in [1.82, 2.24) is 5.32 Å². The summed E-state index contributed by atoms with van der Waals surface area (Å²) in [6.45, 7) is 4.36. The second-order valence-electron chi connectivity index (χ2n) is 6.61. The number of hydrogen-bond donors (Lipinski definition) is 1. The summed E-state index contributed by atoms with van der Waals surface area (Å²) in [5.74, 6) is 1.40. The molecule has 3 aromatic carbocycles. The number of benzene rings is 3. The van der Waals surface area contributed by atoms with E-state index >= 15 is 0 Å². The van der Waals surface area contributed by atoms with Crippen molar-refractivity contribution in [2.75, 3.05) is 7.11 Å². The van der Waals surface area contributed by atoms with E-state index in [0.29, 0.717) is 17.9 Å². The Morgan fingerprint density at radius 3 is 2.56 bits per heavy atom. The van der Waals surface area contributed by atoms with E-state index in [1.165, 1.54) is 5.39 Å². The molecule has 4 nitrogen and oxygen atoms in total. The minimum atomic E-state index is -0.0843. The number of amides is 1. The third-order valence-corrected chi connectivity index (χ3v) is 4.65. The monoisotopic (exact) mass is 363 g/mol. The van der Waals surface area contributed by atoms with Gasteiger partial charge in [0.25, 0.3) is 5.91 Å². The normalized spacial score (nSPS) is 11.8. The van der Waals surface area contributed by atoms with Crippen molar-refractivity contribution in [2.45, 2.75) is 32.9 Å². The van der Waals surface area contributed by atoms with Crippen molar-refractivity contribution in [3.8, 4) is 11.5 Å². The molecule has 3 aromatic rings. The standard InChI is InChI=1S/C23H25NO3/c1-4-16(2)24-23(25)19-10-12-22(26-3)20(13-19)15-27-21-11-9-17-7-5-6-8-18(17)14-21/h5-14,16H,4,15H2,1-3H3,(H,24,25). The minimum absolute atomic E-state index is 0.0843. The fraction of sp³-hybridized carbons (Fsp3) is 0.261. The lowest BCUT2D eigenvalue weighted by Gasteiger charge is -2.14. The molecule has 0 saturated carbocycles. The smallest absolute Gasteiger partial charge is 0.251 e. The number of nitrogens with one attached hydrogen (secondary N) is 1. The number of carbonyl (C=O) groups is 1. The molecule has 1 amide bonds. The molecular weight excluding hydrogens is 338 g/mol. The first kappa shape index (κ1) is 18.8. The van der Waals surface area contributed by atoms with Gasteiger partial charge in [-0.15, -0.1) is 0 Å². The molecule has 0 saturated heterocycles. The van der Waals surface area contributed by atoms with E-state index in [-0.39, 0.29) is 11.9 Å². The third kappa shape index (κ3) is 4.59. The summed E-state index contributed by atoms with van der Waals surface area (Å²) >= 11 is 0. The van der Waals surface area contributed by atoms with Crippen LogP contribution in [0.5, 0.6) is 11.5 Å². The molecule has 1 atom stereocenters. The first-order valence-electron chi connectivity index (χ1n) is 9.20. The summed E-state index contributed by atoms with van der Waals surface area (Å²) in [7, 11) is 1.62. The Bertz CT molecular complexity index is 936. The van der Waals surface area contributed by atoms with Crippen LogP contribution in [-0.4, -0.2) is 19.1 Å². The lowest BCUT2D eigenvalue weighted by molar-refractivity contribution is 0.0939. The molecule has 140 valence electrons. The third-order valence-electron chi connectivity index (χ3n) is 4.65. The Kier molecular flexibility index (Phi) is 5.97. The van der Waals surface area contributed by atoms with Gasteiger partial charge in [-0.05, 0) is 54.4 Å². The molecule has 0 bridgehead atoms. The van der Waals surface area contributed by atoms with Gasteiger partial charge in [0.05, 0.1) is 7.11 Å². The van der Waals surface area contributed by atoms with Gasteiger partial charge in [0.1, 0.15) is 18.1 Å². The van der Waals surface area contributed by atoms with E-state index < -0.39 is 0 Å². The molecule has 27 heavy (non-hydrogen) atoms. The summed E-state index contributed by atoms with van der Waals surface area (Å²) in [4.78, 5) is 12.4. The van der Waals surface area contributed by atoms with Gasteiger partial charge >= 0.3 is 0 Å². The van der Waals surface area contributed by atoms with Crippen molar-refractivity contribution < 1.29 is 14.3 Å². The maximum absolute atomic E-state index is 12.4. The van der Waals surface area contributed by atoms with Gasteiger partial charge in [-0.25, -0.2) is 0 Å². The van der Waals surface area contributed by atoms with Crippen LogP contribution < -0.4 is 14.8 Å². The highest BCUT2D eigenvalue weighted by atomic mass is 16.5. The van der Waals surface area contributed by atoms with E-state index in [1.54, 1.807) is 13.2 Å². The molecule has 0 aliphatic rings. The van der Waals surface area contributed by atoms with E-state index in [2.05, 4.69) is 17.4 Å². The van der Waals surface area contributed by atoms with Gasteiger partial charge in [-0.3, -0.25) is 4.79 Å². The van der Waals surface area contributed by atoms with Crippen LogP contribution in [0.2, 0.25) is 0 Å². The molecule has 0 aliphatic heterocycles. The maximum Gasteiger partial charge on any atom is 0.251 e. The summed E-state index contributed by atoms with van der Waals surface area (Å²) in [5.41, 5.74) is 1.44. The lowest BCUT2D eigenvalue weighted by Crippen LogP contribution is -2.31. The summed E-state index contributed by atoms with van der Waals surface area (Å²) in [6.07, 6.45) is 0.889. The van der Waals surface area contributed by atoms with Gasteiger partial charge in [0, 0.05) is 17.2 Å². The lowest BCUT2D eigenvalue weighted by atomic mass is 10.1. The number of methoxy groups -OCH3 is 1. The molecule has 1 unspecified atom stereocenters. The zero-order valence-corrected chi connectivity index (χ0v) is 16.0. The van der Waals surface area contributed by atoms with Gasteiger partial charge < -0.3 is 14.8 Å². The Balaban J connectivity index is 1.77. The maximum atomic E-state index is 12.4. The zero-order chi connectivity index (χ0) is 19.2. The van der Waals surface area contributed by atoms with Gasteiger partial charge in [-0.2, -0.15) is 0 Å². The largest absolute Gasteiger partial charge is 0.496 e. The van der Waals surface area contributed by atoms with E-state index in [4.69, 9.17) is 9.47 Å². The molecule has 1 N–H and O–H groups in total. The SMILES string of the molecule is CCC(C)NC(=O)c1ccc(OC)c(COc2ccc3ccccc3c2)c1. The number of rotatable bonds is 7. The molecule has 3 rings (SSSR count). The van der Waals surface area contributed by atoms with Gasteiger partial charge in [0.2, 0.25) is 0 Å². The van der Waals surface area contributed by atoms with Gasteiger partial charge in [0.15, 0.2) is 0 Å². The molecular formula is C23H25NO3. The number of ether oxygens (including phenoxy) is 2. The molecule has 0 heterocycles. The predicted molar refractivity (Wildman–Crippen MR) is 108 cm³/mol. The Hall–Kier alpha value is -3.01. The number of hydrogen-bond acceptors (Lipinski definition) is 3. The highest BCUT2D eigenvalue weighted by Crippen LogP contribution is 2.25. The van der Waals surface area contributed by atoms with Crippen LogP contribution in [0.25, 0.3) is 10.8 Å². The fourth-order valence-corrected chi connectivity index (χ4v) is 2.86. The van der Waals surface area contributed by atoms with Crippen LogP contribution >= 0.6 is 0 Å². The first-order valence-corrected chi connectivity index (χ1v) is 9.20. The van der Waals surface area contributed by atoms with Crippen LogP contribution in [0.1, 0.15) is 36.2 Å². The molecule has 0 spiro atoms. The first-order chi connectivity index (χ1) is 13.1. The van der Waals surface area contributed by atoms with E-state index in [0.717, 1.165) is 23.1 Å². The summed E-state index contributed by atoms with van der Waals surface area (Å²) < 4.78 is 11.4. The van der Waals surface area contributed by atoms with Crippen LogP contribution in [0.4, 0.5) is 0 Å². The average Bonchev–Trinajstić information content (AvgIpc) is 2.71. The molecule has 0 radical (unpaired) electrons. The molecule has 0 aromatic heterocycles.